The molecule has 0 aliphatic heterocycles. The Morgan fingerprint density at radius 3 is 2.89 bits per heavy atom. The zero-order valence-corrected chi connectivity index (χ0v) is 10.2. The molecule has 1 aromatic heterocycles. The Balaban J connectivity index is 2.46. The Hall–Kier alpha value is -2.03. The molecule has 0 spiro atoms. The highest BCUT2D eigenvalue weighted by Crippen LogP contribution is 2.29. The number of nitro groups is 1. The van der Waals surface area contributed by atoms with Gasteiger partial charge < -0.3 is 15.5 Å². The van der Waals surface area contributed by atoms with Crippen molar-refractivity contribution in [3.8, 4) is 0 Å². The summed E-state index contributed by atoms with van der Waals surface area (Å²) >= 11 is 0. The Morgan fingerprint density at radius 1 is 1.53 bits per heavy atom. The summed E-state index contributed by atoms with van der Waals surface area (Å²) < 4.78 is 0. The lowest BCUT2D eigenvalue weighted by molar-refractivity contribution is -0.383. The number of H-pyrrole nitrogens is 1. The Labute approximate surface area is 108 Å². The maximum absolute atomic E-state index is 11.0. The second-order valence-corrected chi connectivity index (χ2v) is 4.20. The van der Waals surface area contributed by atoms with Crippen LogP contribution >= 0.6 is 0 Å². The summed E-state index contributed by atoms with van der Waals surface area (Å²) in [5.41, 5.74) is 0.558. The van der Waals surface area contributed by atoms with Crippen molar-refractivity contribution >= 4 is 16.6 Å². The molecule has 0 saturated heterocycles. The number of aromatic amines is 1. The zero-order chi connectivity index (χ0) is 14.0. The number of hydrogen-bond donors (Lipinski definition) is 4. The number of fused-ring (bicyclic) bond motifs is 1. The van der Waals surface area contributed by atoms with Gasteiger partial charge in [0.1, 0.15) is 6.10 Å². The molecule has 2 atom stereocenters. The third-order valence-corrected chi connectivity index (χ3v) is 2.88. The highest BCUT2D eigenvalue weighted by Gasteiger charge is 2.23. The van der Waals surface area contributed by atoms with E-state index in [1.54, 1.807) is 13.1 Å². The summed E-state index contributed by atoms with van der Waals surface area (Å²) in [5, 5.41) is 40.1. The van der Waals surface area contributed by atoms with Gasteiger partial charge in [-0.1, -0.05) is 0 Å². The van der Waals surface area contributed by atoms with E-state index in [0.717, 1.165) is 0 Å². The maximum atomic E-state index is 11.0. The Kier molecular flexibility index (Phi) is 3.74. The average Bonchev–Trinajstić information content (AvgIpc) is 2.84. The van der Waals surface area contributed by atoms with Gasteiger partial charge in [-0.3, -0.25) is 15.2 Å². The zero-order valence-electron chi connectivity index (χ0n) is 10.2. The van der Waals surface area contributed by atoms with Crippen LogP contribution in [0.15, 0.2) is 18.3 Å². The SMILES string of the molecule is CNCC(O)C(O)c1cc([N+](=O)[O-])c2cn[nH]c2c1. The number of rotatable bonds is 5. The number of likely N-dealkylation sites (N-methyl/N-ethyl adjacent to an activating group) is 1. The van der Waals surface area contributed by atoms with E-state index < -0.39 is 17.1 Å². The number of hydrogen-bond acceptors (Lipinski definition) is 6. The van der Waals surface area contributed by atoms with Crippen molar-refractivity contribution < 1.29 is 15.1 Å². The predicted octanol–water partition coefficient (Wildman–Crippen LogP) is 0.0848. The largest absolute Gasteiger partial charge is 0.389 e. The van der Waals surface area contributed by atoms with Crippen molar-refractivity contribution in [2.45, 2.75) is 12.2 Å². The Morgan fingerprint density at radius 2 is 2.26 bits per heavy atom. The number of nitrogens with one attached hydrogen (secondary N) is 2. The molecule has 1 aromatic carbocycles. The van der Waals surface area contributed by atoms with Crippen LogP contribution in [0.1, 0.15) is 11.7 Å². The fourth-order valence-electron chi connectivity index (χ4n) is 1.92. The van der Waals surface area contributed by atoms with Gasteiger partial charge in [0.2, 0.25) is 0 Å². The standard InChI is InChI=1S/C11H14N4O4/c1-12-5-10(16)11(17)6-2-8-7(4-13-14-8)9(3-6)15(18)19/h2-4,10-12,16-17H,5H2,1H3,(H,13,14). The van der Waals surface area contributed by atoms with Gasteiger partial charge in [-0.15, -0.1) is 0 Å². The molecule has 0 aliphatic rings. The van der Waals surface area contributed by atoms with Crippen LogP contribution in [-0.4, -0.2) is 45.0 Å². The lowest BCUT2D eigenvalue weighted by Gasteiger charge is -2.17. The minimum absolute atomic E-state index is 0.156. The number of aliphatic hydroxyl groups excluding tert-OH is 2. The van der Waals surface area contributed by atoms with Gasteiger partial charge in [0.25, 0.3) is 5.69 Å². The lowest BCUT2D eigenvalue weighted by Crippen LogP contribution is -2.29. The molecule has 2 unspecified atom stereocenters. The molecule has 0 saturated carbocycles. The first-order valence-electron chi connectivity index (χ1n) is 5.66. The number of benzene rings is 1. The van der Waals surface area contributed by atoms with Crippen molar-refractivity contribution in [1.29, 1.82) is 0 Å². The first kappa shape index (κ1) is 13.4. The number of aliphatic hydroxyl groups is 2. The van der Waals surface area contributed by atoms with Crippen molar-refractivity contribution in [3.63, 3.8) is 0 Å². The van der Waals surface area contributed by atoms with E-state index in [0.29, 0.717) is 10.9 Å². The fourth-order valence-corrected chi connectivity index (χ4v) is 1.92. The summed E-state index contributed by atoms with van der Waals surface area (Å²) in [6.45, 7) is 0.177. The van der Waals surface area contributed by atoms with E-state index in [1.165, 1.54) is 12.3 Å². The molecule has 8 heteroatoms. The summed E-state index contributed by atoms with van der Waals surface area (Å²) in [6, 6.07) is 2.79. The second-order valence-electron chi connectivity index (χ2n) is 4.20. The monoisotopic (exact) mass is 266 g/mol. The minimum atomic E-state index is -1.21. The van der Waals surface area contributed by atoms with Crippen molar-refractivity contribution in [2.24, 2.45) is 0 Å². The molecule has 0 aliphatic carbocycles. The second kappa shape index (κ2) is 5.31. The molecular weight excluding hydrogens is 252 g/mol. The van der Waals surface area contributed by atoms with Crippen LogP contribution in [0, 0.1) is 10.1 Å². The van der Waals surface area contributed by atoms with Crippen molar-refractivity contribution in [3.05, 3.63) is 34.0 Å². The highest BCUT2D eigenvalue weighted by molar-refractivity contribution is 5.88. The molecule has 2 aromatic rings. The number of nitro benzene ring substituents is 1. The van der Waals surface area contributed by atoms with Gasteiger partial charge in [0.05, 0.1) is 28.1 Å². The highest BCUT2D eigenvalue weighted by atomic mass is 16.6. The molecule has 102 valence electrons. The number of aromatic nitrogens is 2. The van der Waals surface area contributed by atoms with Crippen molar-refractivity contribution in [2.75, 3.05) is 13.6 Å². The lowest BCUT2D eigenvalue weighted by atomic mass is 10.0. The third-order valence-electron chi connectivity index (χ3n) is 2.88. The van der Waals surface area contributed by atoms with E-state index in [2.05, 4.69) is 15.5 Å². The van der Waals surface area contributed by atoms with Crippen LogP contribution < -0.4 is 5.32 Å². The van der Waals surface area contributed by atoms with Crippen LogP contribution in [0.4, 0.5) is 5.69 Å². The van der Waals surface area contributed by atoms with Gasteiger partial charge in [-0.2, -0.15) is 5.10 Å². The normalized spacial score (nSPS) is 14.5. The summed E-state index contributed by atoms with van der Waals surface area (Å²) in [7, 11) is 1.64. The fraction of sp³-hybridized carbons (Fsp3) is 0.364. The molecule has 0 amide bonds. The van der Waals surface area contributed by atoms with Gasteiger partial charge in [0.15, 0.2) is 0 Å². The summed E-state index contributed by atoms with van der Waals surface area (Å²) in [6.07, 6.45) is -0.906. The maximum Gasteiger partial charge on any atom is 0.280 e. The van der Waals surface area contributed by atoms with Gasteiger partial charge in [0, 0.05) is 12.6 Å². The van der Waals surface area contributed by atoms with Crippen LogP contribution in [-0.2, 0) is 0 Å². The van der Waals surface area contributed by atoms with E-state index in [1.807, 2.05) is 0 Å². The van der Waals surface area contributed by atoms with Gasteiger partial charge in [-0.05, 0) is 18.7 Å². The van der Waals surface area contributed by atoms with Gasteiger partial charge >= 0.3 is 0 Å². The molecule has 2 rings (SSSR count). The van der Waals surface area contributed by atoms with Gasteiger partial charge in [-0.25, -0.2) is 0 Å². The van der Waals surface area contributed by atoms with Crippen LogP contribution in [0.3, 0.4) is 0 Å². The van der Waals surface area contributed by atoms with E-state index in [4.69, 9.17) is 0 Å². The summed E-state index contributed by atoms with van der Waals surface area (Å²) in [4.78, 5) is 10.4. The van der Waals surface area contributed by atoms with Crippen LogP contribution in [0.25, 0.3) is 10.9 Å². The van der Waals surface area contributed by atoms with Crippen molar-refractivity contribution in [1.82, 2.24) is 15.5 Å². The number of nitrogens with zero attached hydrogens (tertiary/aromatic N) is 2. The molecule has 8 nitrogen and oxygen atoms in total. The first-order chi connectivity index (χ1) is 9.04. The molecule has 4 N–H and O–H groups in total. The molecule has 19 heavy (non-hydrogen) atoms. The first-order valence-corrected chi connectivity index (χ1v) is 5.66. The molecule has 0 radical (unpaired) electrons. The van der Waals surface area contributed by atoms with E-state index >= 15 is 0 Å². The third kappa shape index (κ3) is 2.55. The molecule has 0 bridgehead atoms. The van der Waals surface area contributed by atoms with E-state index in [9.17, 15) is 20.3 Å². The molecule has 1 heterocycles. The quantitative estimate of drug-likeness (QED) is 0.449. The van der Waals surface area contributed by atoms with Crippen LogP contribution in [0.2, 0.25) is 0 Å². The van der Waals surface area contributed by atoms with Crippen LogP contribution in [0.5, 0.6) is 0 Å². The minimum Gasteiger partial charge on any atom is -0.389 e. The Bertz CT molecular complexity index is 597. The predicted molar refractivity (Wildman–Crippen MR) is 67.6 cm³/mol. The average molecular weight is 266 g/mol. The summed E-state index contributed by atoms with van der Waals surface area (Å²) in [5.74, 6) is 0. The number of non-ortho nitro benzene ring substituents is 1. The molecule has 0 fully saturated rings. The smallest absolute Gasteiger partial charge is 0.280 e. The molecular formula is C11H14N4O4. The van der Waals surface area contributed by atoms with E-state index in [-0.39, 0.29) is 17.8 Å². The topological polar surface area (TPSA) is 124 Å².